The Morgan fingerprint density at radius 3 is 2.68 bits per heavy atom. The summed E-state index contributed by atoms with van der Waals surface area (Å²) in [6.07, 6.45) is 3.18. The van der Waals surface area contributed by atoms with Gasteiger partial charge in [-0.3, -0.25) is 14.3 Å². The Morgan fingerprint density at radius 1 is 1.19 bits per heavy atom. The first-order chi connectivity index (χ1) is 17.6. The van der Waals surface area contributed by atoms with Crippen LogP contribution < -0.4 is 15.4 Å². The summed E-state index contributed by atoms with van der Waals surface area (Å²) in [5.41, 5.74) is 2.51. The molecule has 1 amide bonds. The molecule has 0 saturated carbocycles. The number of nitrogens with zero attached hydrogens (tertiary/aromatic N) is 5. The highest BCUT2D eigenvalue weighted by molar-refractivity contribution is 7.98. The Balaban J connectivity index is 1.82. The zero-order chi connectivity index (χ0) is 26.7. The molecule has 0 unspecified atom stereocenters. The van der Waals surface area contributed by atoms with E-state index in [4.69, 9.17) is 14.6 Å². The smallest absolute Gasteiger partial charge is 0.414 e. The number of carbonyl (C=O) groups is 1. The lowest BCUT2D eigenvalue weighted by molar-refractivity contribution is 0.0580. The summed E-state index contributed by atoms with van der Waals surface area (Å²) in [4.78, 5) is 39.5. The summed E-state index contributed by atoms with van der Waals surface area (Å²) in [6, 6.07) is 7.57. The molecule has 1 aliphatic rings. The van der Waals surface area contributed by atoms with Crippen LogP contribution in [0, 0.1) is 6.92 Å². The van der Waals surface area contributed by atoms with E-state index in [1.807, 2.05) is 63.1 Å². The van der Waals surface area contributed by atoms with E-state index in [-0.39, 0.29) is 31.9 Å². The highest BCUT2D eigenvalue weighted by Gasteiger charge is 2.33. The first-order valence-corrected chi connectivity index (χ1v) is 13.4. The number of aryl methyl sites for hydroxylation is 1. The highest BCUT2D eigenvalue weighted by atomic mass is 32.2. The van der Waals surface area contributed by atoms with E-state index in [0.717, 1.165) is 16.6 Å². The first kappa shape index (κ1) is 26.9. The number of para-hydroxylation sites is 1. The van der Waals surface area contributed by atoms with Crippen LogP contribution in [0.2, 0.25) is 0 Å². The molecule has 0 spiro atoms. The number of aliphatic hydroxyl groups is 1. The Hall–Kier alpha value is -3.15. The average Bonchev–Trinajstić information content (AvgIpc) is 2.85. The number of hydrogen-bond acceptors (Lipinski definition) is 9. The van der Waals surface area contributed by atoms with Crippen molar-refractivity contribution in [1.82, 2.24) is 14.5 Å². The molecule has 0 bridgehead atoms. The molecule has 0 aliphatic carbocycles. The van der Waals surface area contributed by atoms with Gasteiger partial charge in [0.1, 0.15) is 16.9 Å². The van der Waals surface area contributed by atoms with E-state index in [9.17, 15) is 9.59 Å². The number of hydrogen-bond donors (Lipinski definition) is 1. The quantitative estimate of drug-likeness (QED) is 0.279. The molecule has 3 aromatic rings. The molecular weight excluding hydrogens is 494 g/mol. The lowest BCUT2D eigenvalue weighted by Gasteiger charge is -2.39. The number of carbonyl (C=O) groups excluding carboxylic acids is 1. The van der Waals surface area contributed by atoms with Gasteiger partial charge in [-0.05, 0) is 51.6 Å². The van der Waals surface area contributed by atoms with Crippen LogP contribution in [0.5, 0.6) is 0 Å². The third kappa shape index (κ3) is 5.73. The summed E-state index contributed by atoms with van der Waals surface area (Å²) >= 11 is 1.40. The molecule has 1 aromatic carbocycles. The zero-order valence-corrected chi connectivity index (χ0v) is 22.7. The van der Waals surface area contributed by atoms with Crippen LogP contribution in [-0.4, -0.2) is 70.5 Å². The summed E-state index contributed by atoms with van der Waals surface area (Å²) in [5.74, 6) is 0. The number of amides is 1. The van der Waals surface area contributed by atoms with Gasteiger partial charge < -0.3 is 19.5 Å². The van der Waals surface area contributed by atoms with Crippen molar-refractivity contribution in [2.45, 2.75) is 45.0 Å². The van der Waals surface area contributed by atoms with Crippen molar-refractivity contribution in [3.8, 4) is 0 Å². The average molecular weight is 528 g/mol. The number of fused-ring (bicyclic) bond motifs is 2. The fraction of sp³-hybridized carbons (Fsp3) is 0.462. The largest absolute Gasteiger partial charge is 0.443 e. The number of rotatable bonds is 7. The van der Waals surface area contributed by atoms with Gasteiger partial charge in [0.05, 0.1) is 37.7 Å². The monoisotopic (exact) mass is 527 g/mol. The van der Waals surface area contributed by atoms with Crippen molar-refractivity contribution in [1.29, 1.82) is 0 Å². The van der Waals surface area contributed by atoms with Gasteiger partial charge in [0, 0.05) is 24.7 Å². The maximum absolute atomic E-state index is 13.9. The standard InChI is InChI=1S/C26H33N5O5S/c1-17-7-6-8-19-21(17)30(25(34)36-26(2,3)4)10-9-29(19)20-15-18-16-27-24(37-5)28-22(18)31(23(20)33)11-13-35-14-12-32/h6-8,15-16,32H,9-14H2,1-5H3. The molecule has 11 heteroatoms. The Labute approximate surface area is 220 Å². The molecule has 10 nitrogen and oxygen atoms in total. The molecule has 0 saturated heterocycles. The zero-order valence-electron chi connectivity index (χ0n) is 21.9. The summed E-state index contributed by atoms with van der Waals surface area (Å²) in [6.45, 7) is 8.84. The summed E-state index contributed by atoms with van der Waals surface area (Å²) in [7, 11) is 0. The topological polar surface area (TPSA) is 110 Å². The van der Waals surface area contributed by atoms with Gasteiger partial charge >= 0.3 is 6.09 Å². The second kappa shape index (κ2) is 11.1. The number of aromatic nitrogens is 3. The second-order valence-electron chi connectivity index (χ2n) is 9.68. The second-order valence-corrected chi connectivity index (χ2v) is 10.5. The molecule has 198 valence electrons. The number of benzene rings is 1. The lowest BCUT2D eigenvalue weighted by atomic mass is 10.1. The third-order valence-electron chi connectivity index (χ3n) is 5.89. The molecule has 37 heavy (non-hydrogen) atoms. The van der Waals surface area contributed by atoms with E-state index in [2.05, 4.69) is 9.97 Å². The summed E-state index contributed by atoms with van der Waals surface area (Å²) < 4.78 is 12.7. The van der Waals surface area contributed by atoms with E-state index >= 15 is 0 Å². The van der Waals surface area contributed by atoms with Crippen molar-refractivity contribution in [3.63, 3.8) is 0 Å². The van der Waals surface area contributed by atoms with Crippen molar-refractivity contribution < 1.29 is 19.4 Å². The molecule has 1 aliphatic heterocycles. The minimum absolute atomic E-state index is 0.0907. The van der Waals surface area contributed by atoms with Gasteiger partial charge in [-0.1, -0.05) is 23.9 Å². The van der Waals surface area contributed by atoms with Crippen LogP contribution >= 0.6 is 11.8 Å². The van der Waals surface area contributed by atoms with Crippen molar-refractivity contribution in [3.05, 3.63) is 46.4 Å². The molecule has 0 atom stereocenters. The molecule has 0 fully saturated rings. The molecule has 0 radical (unpaired) electrons. The van der Waals surface area contributed by atoms with Gasteiger partial charge in [-0.25, -0.2) is 14.8 Å². The molecule has 2 aromatic heterocycles. The molecule has 3 heterocycles. The van der Waals surface area contributed by atoms with Gasteiger partial charge in [-0.15, -0.1) is 0 Å². The van der Waals surface area contributed by atoms with Gasteiger partial charge in [0.2, 0.25) is 0 Å². The van der Waals surface area contributed by atoms with E-state index in [0.29, 0.717) is 35.3 Å². The van der Waals surface area contributed by atoms with E-state index in [1.54, 1.807) is 15.7 Å². The van der Waals surface area contributed by atoms with Crippen molar-refractivity contribution in [2.24, 2.45) is 0 Å². The van der Waals surface area contributed by atoms with Crippen molar-refractivity contribution in [2.75, 3.05) is 49.0 Å². The first-order valence-electron chi connectivity index (χ1n) is 12.2. The summed E-state index contributed by atoms with van der Waals surface area (Å²) in [5, 5.41) is 10.3. The predicted octanol–water partition coefficient (Wildman–Crippen LogP) is 3.72. The van der Waals surface area contributed by atoms with E-state index < -0.39 is 11.7 Å². The van der Waals surface area contributed by atoms with Crippen LogP contribution in [-0.2, 0) is 16.0 Å². The fourth-order valence-electron chi connectivity index (χ4n) is 4.34. The minimum Gasteiger partial charge on any atom is -0.443 e. The normalized spacial score (nSPS) is 13.7. The number of thioether (sulfide) groups is 1. The predicted molar refractivity (Wildman–Crippen MR) is 145 cm³/mol. The Bertz CT molecular complexity index is 1350. The van der Waals surface area contributed by atoms with Crippen LogP contribution in [0.3, 0.4) is 0 Å². The maximum Gasteiger partial charge on any atom is 0.414 e. The highest BCUT2D eigenvalue weighted by Crippen LogP contribution is 2.40. The van der Waals surface area contributed by atoms with Crippen LogP contribution in [0.1, 0.15) is 26.3 Å². The van der Waals surface area contributed by atoms with E-state index in [1.165, 1.54) is 11.8 Å². The van der Waals surface area contributed by atoms with Gasteiger partial charge in [0.25, 0.3) is 5.56 Å². The number of ether oxygens (including phenoxy) is 2. The Morgan fingerprint density at radius 2 is 1.97 bits per heavy atom. The number of aliphatic hydroxyl groups excluding tert-OH is 1. The van der Waals surface area contributed by atoms with Crippen LogP contribution in [0.25, 0.3) is 11.0 Å². The molecule has 1 N–H and O–H groups in total. The number of anilines is 3. The maximum atomic E-state index is 13.9. The van der Waals surface area contributed by atoms with Gasteiger partial charge in [0.15, 0.2) is 5.16 Å². The lowest BCUT2D eigenvalue weighted by Crippen LogP contribution is -2.46. The van der Waals surface area contributed by atoms with Gasteiger partial charge in [-0.2, -0.15) is 0 Å². The van der Waals surface area contributed by atoms with Crippen molar-refractivity contribution >= 4 is 46.0 Å². The minimum atomic E-state index is -0.628. The Kier molecular flexibility index (Phi) is 8.05. The van der Waals surface area contributed by atoms with Crippen LogP contribution in [0.4, 0.5) is 21.9 Å². The fourth-order valence-corrected chi connectivity index (χ4v) is 4.68. The van der Waals surface area contributed by atoms with Crippen LogP contribution in [0.15, 0.2) is 40.4 Å². The SMILES string of the molecule is CSc1ncc2cc(N3CCN(C(=O)OC(C)(C)C)c4c(C)cccc43)c(=O)n(CCOCCO)c2n1. The number of pyridine rings is 1. The third-order valence-corrected chi connectivity index (χ3v) is 6.45. The molecular formula is C26H33N5O5S. The molecule has 4 rings (SSSR count).